The first-order valence-corrected chi connectivity index (χ1v) is 5.70. The van der Waals surface area contributed by atoms with Gasteiger partial charge in [-0.25, -0.2) is 4.98 Å². The van der Waals surface area contributed by atoms with E-state index in [1.807, 2.05) is 19.2 Å². The Labute approximate surface area is 89.6 Å². The van der Waals surface area contributed by atoms with Gasteiger partial charge in [-0.3, -0.25) is 0 Å². The molecule has 0 fully saturated rings. The molecule has 0 saturated carbocycles. The van der Waals surface area contributed by atoms with Crippen molar-refractivity contribution in [2.24, 2.45) is 5.92 Å². The van der Waals surface area contributed by atoms with E-state index in [-0.39, 0.29) is 0 Å². The highest BCUT2D eigenvalue weighted by atomic mass is 32.1. The predicted molar refractivity (Wildman–Crippen MR) is 59.3 cm³/mol. The zero-order valence-electron chi connectivity index (χ0n) is 9.16. The van der Waals surface area contributed by atoms with Crippen LogP contribution in [0.25, 0.3) is 0 Å². The van der Waals surface area contributed by atoms with E-state index in [4.69, 9.17) is 5.26 Å². The van der Waals surface area contributed by atoms with Crippen molar-refractivity contribution < 1.29 is 0 Å². The maximum absolute atomic E-state index is 8.95. The summed E-state index contributed by atoms with van der Waals surface area (Å²) in [6.07, 6.45) is 1.01. The van der Waals surface area contributed by atoms with Gasteiger partial charge in [-0.05, 0) is 19.8 Å². The van der Waals surface area contributed by atoms with Crippen LogP contribution >= 0.6 is 11.3 Å². The lowest BCUT2D eigenvalue weighted by atomic mass is 9.92. The Morgan fingerprint density at radius 2 is 2.21 bits per heavy atom. The summed E-state index contributed by atoms with van der Waals surface area (Å²) in [4.78, 5) is 4.49. The summed E-state index contributed by atoms with van der Waals surface area (Å²) in [6.45, 7) is 8.16. The van der Waals surface area contributed by atoms with E-state index in [2.05, 4.69) is 24.9 Å². The Hall–Kier alpha value is -0.880. The topological polar surface area (TPSA) is 36.7 Å². The summed E-state index contributed by atoms with van der Waals surface area (Å²) in [5.74, 6) is 0.624. The normalized spacial score (nSPS) is 11.7. The molecule has 14 heavy (non-hydrogen) atoms. The molecule has 0 saturated heterocycles. The second-order valence-corrected chi connectivity index (χ2v) is 5.40. The average molecular weight is 208 g/mol. The molecule has 0 aliphatic rings. The molecule has 0 aliphatic heterocycles. The van der Waals surface area contributed by atoms with Gasteiger partial charge in [0.05, 0.1) is 22.2 Å². The van der Waals surface area contributed by atoms with Crippen LogP contribution < -0.4 is 0 Å². The molecule has 0 aliphatic carbocycles. The van der Waals surface area contributed by atoms with E-state index in [0.29, 0.717) is 5.92 Å². The number of rotatable bonds is 3. The van der Waals surface area contributed by atoms with Crippen LogP contribution in [0, 0.1) is 17.2 Å². The maximum atomic E-state index is 8.95. The lowest BCUT2D eigenvalue weighted by Crippen LogP contribution is -2.14. The summed E-state index contributed by atoms with van der Waals surface area (Å²) in [7, 11) is 0. The van der Waals surface area contributed by atoms with Crippen LogP contribution in [0.3, 0.4) is 0 Å². The average Bonchev–Trinajstić information content (AvgIpc) is 2.52. The van der Waals surface area contributed by atoms with E-state index >= 15 is 0 Å². The zero-order chi connectivity index (χ0) is 10.8. The van der Waals surface area contributed by atoms with Gasteiger partial charge < -0.3 is 0 Å². The van der Waals surface area contributed by atoms with Crippen LogP contribution in [-0.2, 0) is 11.8 Å². The van der Waals surface area contributed by atoms with E-state index in [0.717, 1.165) is 17.1 Å². The predicted octanol–water partition coefficient (Wildman–Crippen LogP) is 3.14. The van der Waals surface area contributed by atoms with Gasteiger partial charge in [0, 0.05) is 11.8 Å². The van der Waals surface area contributed by atoms with Crippen LogP contribution in [0.4, 0.5) is 0 Å². The van der Waals surface area contributed by atoms with Crippen molar-refractivity contribution >= 4 is 11.3 Å². The zero-order valence-corrected chi connectivity index (χ0v) is 9.98. The van der Waals surface area contributed by atoms with Gasteiger partial charge in [0.25, 0.3) is 0 Å². The van der Waals surface area contributed by atoms with Crippen molar-refractivity contribution in [1.29, 1.82) is 5.26 Å². The van der Waals surface area contributed by atoms with Gasteiger partial charge in [-0.2, -0.15) is 5.26 Å². The fraction of sp³-hybridized carbons (Fsp3) is 0.636. The third-order valence-electron chi connectivity index (χ3n) is 2.05. The number of hydrogen-bond acceptors (Lipinski definition) is 3. The lowest BCUT2D eigenvalue weighted by Gasteiger charge is -2.10. The lowest BCUT2D eigenvalue weighted by molar-refractivity contribution is 0.627. The van der Waals surface area contributed by atoms with Crippen molar-refractivity contribution in [2.75, 3.05) is 0 Å². The number of aromatic nitrogens is 1. The molecule has 0 aromatic carbocycles. The van der Waals surface area contributed by atoms with Crippen LogP contribution in [-0.4, -0.2) is 4.98 Å². The molecule has 0 radical (unpaired) electrons. The van der Waals surface area contributed by atoms with Crippen molar-refractivity contribution in [3.8, 4) is 6.07 Å². The number of nitriles is 1. The molecular formula is C11H16N2S. The number of thiazole rings is 1. The highest BCUT2D eigenvalue weighted by Gasteiger charge is 2.22. The van der Waals surface area contributed by atoms with Gasteiger partial charge in [0.2, 0.25) is 0 Å². The van der Waals surface area contributed by atoms with Gasteiger partial charge in [-0.15, -0.1) is 11.3 Å². The molecule has 0 amide bonds. The standard InChI is InChI=1S/C11H16N2S/c1-8(2)5-10-13-9(6-14-10)11(3,4)7-12/h6,8H,5H2,1-4H3. The second-order valence-electron chi connectivity index (χ2n) is 4.46. The molecule has 1 aromatic heterocycles. The minimum atomic E-state index is -0.453. The summed E-state index contributed by atoms with van der Waals surface area (Å²) in [6, 6.07) is 2.27. The van der Waals surface area contributed by atoms with Crippen LogP contribution in [0.1, 0.15) is 38.4 Å². The molecular weight excluding hydrogens is 192 g/mol. The molecule has 0 N–H and O–H groups in total. The molecule has 0 unspecified atom stereocenters. The Morgan fingerprint density at radius 1 is 1.57 bits per heavy atom. The van der Waals surface area contributed by atoms with Crippen molar-refractivity contribution in [2.45, 2.75) is 39.5 Å². The second kappa shape index (κ2) is 4.10. The number of nitrogens with zero attached hydrogens (tertiary/aromatic N) is 2. The van der Waals surface area contributed by atoms with E-state index in [1.54, 1.807) is 11.3 Å². The molecule has 76 valence electrons. The Bertz CT molecular complexity index is 344. The van der Waals surface area contributed by atoms with Crippen molar-refractivity contribution in [3.05, 3.63) is 16.1 Å². The Kier molecular flexibility index (Phi) is 3.28. The minimum Gasteiger partial charge on any atom is -0.245 e. The van der Waals surface area contributed by atoms with Crippen LogP contribution in [0.2, 0.25) is 0 Å². The summed E-state index contributed by atoms with van der Waals surface area (Å²) in [5.41, 5.74) is 0.451. The largest absolute Gasteiger partial charge is 0.245 e. The first-order chi connectivity index (χ1) is 6.45. The quantitative estimate of drug-likeness (QED) is 0.765. The van der Waals surface area contributed by atoms with E-state index in [1.165, 1.54) is 0 Å². The summed E-state index contributed by atoms with van der Waals surface area (Å²) in [5, 5.41) is 12.1. The SMILES string of the molecule is CC(C)Cc1nc(C(C)(C)C#N)cs1. The molecule has 1 heterocycles. The summed E-state index contributed by atoms with van der Waals surface area (Å²) >= 11 is 1.66. The van der Waals surface area contributed by atoms with E-state index < -0.39 is 5.41 Å². The molecule has 1 rings (SSSR count). The third kappa shape index (κ3) is 2.55. The number of hydrogen-bond donors (Lipinski definition) is 0. The Balaban J connectivity index is 2.84. The molecule has 0 atom stereocenters. The summed E-state index contributed by atoms with van der Waals surface area (Å²) < 4.78 is 0. The van der Waals surface area contributed by atoms with Gasteiger partial charge in [0.15, 0.2) is 0 Å². The molecule has 3 heteroatoms. The smallest absolute Gasteiger partial charge is 0.0945 e. The van der Waals surface area contributed by atoms with Gasteiger partial charge >= 0.3 is 0 Å². The van der Waals surface area contributed by atoms with Gasteiger partial charge in [-0.1, -0.05) is 13.8 Å². The van der Waals surface area contributed by atoms with Crippen LogP contribution in [0.5, 0.6) is 0 Å². The molecule has 0 spiro atoms. The van der Waals surface area contributed by atoms with E-state index in [9.17, 15) is 0 Å². The highest BCUT2D eigenvalue weighted by Crippen LogP contribution is 2.24. The molecule has 0 bridgehead atoms. The first-order valence-electron chi connectivity index (χ1n) is 4.82. The van der Waals surface area contributed by atoms with Gasteiger partial charge in [0.1, 0.15) is 0 Å². The maximum Gasteiger partial charge on any atom is 0.0945 e. The fourth-order valence-electron chi connectivity index (χ4n) is 1.10. The molecule has 1 aromatic rings. The monoisotopic (exact) mass is 208 g/mol. The third-order valence-corrected chi connectivity index (χ3v) is 2.93. The first kappa shape index (κ1) is 11.2. The minimum absolute atomic E-state index is 0.453. The van der Waals surface area contributed by atoms with Crippen molar-refractivity contribution in [3.63, 3.8) is 0 Å². The molecule has 2 nitrogen and oxygen atoms in total. The Morgan fingerprint density at radius 3 is 2.71 bits per heavy atom. The van der Waals surface area contributed by atoms with Crippen LogP contribution in [0.15, 0.2) is 5.38 Å². The fourth-order valence-corrected chi connectivity index (χ4v) is 2.27. The highest BCUT2D eigenvalue weighted by molar-refractivity contribution is 7.09. The van der Waals surface area contributed by atoms with Crippen molar-refractivity contribution in [1.82, 2.24) is 4.98 Å².